The second-order valence-corrected chi connectivity index (χ2v) is 6.52. The highest BCUT2D eigenvalue weighted by atomic mass is 35.5. The molecule has 4 N–H and O–H groups in total. The Balaban J connectivity index is 0.00000196. The topological polar surface area (TPSA) is 105 Å². The first-order valence-corrected chi connectivity index (χ1v) is 8.54. The van der Waals surface area contributed by atoms with Gasteiger partial charge in [0, 0.05) is 35.6 Å². The Bertz CT molecular complexity index is 1000. The zero-order valence-corrected chi connectivity index (χ0v) is 17.6. The van der Waals surface area contributed by atoms with Gasteiger partial charge in [-0.3, -0.25) is 14.7 Å². The third-order valence-electron chi connectivity index (χ3n) is 4.78. The summed E-state index contributed by atoms with van der Waals surface area (Å²) in [6.07, 6.45) is 0. The molecule has 0 aliphatic carbocycles. The molecule has 0 radical (unpaired) electrons. The van der Waals surface area contributed by atoms with Crippen molar-refractivity contribution >= 4 is 36.4 Å². The Kier molecular flexibility index (Phi) is 8.23. The molecule has 2 heterocycles. The molecule has 0 saturated heterocycles. The zero-order valence-electron chi connectivity index (χ0n) is 15.9. The number of nitrogens with zero attached hydrogens (tertiary/aromatic N) is 2. The third kappa shape index (κ3) is 4.73. The maximum Gasteiger partial charge on any atom is 0.266 e. The van der Waals surface area contributed by atoms with Crippen LogP contribution in [0.2, 0.25) is 0 Å². The lowest BCUT2D eigenvalue weighted by Crippen LogP contribution is -2.35. The van der Waals surface area contributed by atoms with E-state index in [1.807, 2.05) is 51.1 Å². The third-order valence-corrected chi connectivity index (χ3v) is 4.78. The summed E-state index contributed by atoms with van der Waals surface area (Å²) in [5, 5.41) is 5.65. The predicted molar refractivity (Wildman–Crippen MR) is 114 cm³/mol. The monoisotopic (exact) mass is 425 g/mol. The highest BCUT2D eigenvalue weighted by molar-refractivity contribution is 5.85. The van der Waals surface area contributed by atoms with Gasteiger partial charge in [-0.2, -0.15) is 0 Å². The summed E-state index contributed by atoms with van der Waals surface area (Å²) in [5.74, 6) is -0.498. The van der Waals surface area contributed by atoms with Crippen molar-refractivity contribution in [2.45, 2.75) is 33.4 Å². The molecular weight excluding hydrogens is 401 g/mol. The first-order valence-electron chi connectivity index (χ1n) is 8.54. The van der Waals surface area contributed by atoms with Crippen LogP contribution in [0.5, 0.6) is 0 Å². The molecule has 9 heteroatoms. The van der Waals surface area contributed by atoms with E-state index in [-0.39, 0.29) is 48.2 Å². The molecule has 0 fully saturated rings. The molecule has 152 valence electrons. The minimum Gasteiger partial charge on any atom is -0.352 e. The van der Waals surface area contributed by atoms with E-state index in [1.54, 1.807) is 4.52 Å². The summed E-state index contributed by atoms with van der Waals surface area (Å²) < 4.78 is 1.63. The van der Waals surface area contributed by atoms with E-state index < -0.39 is 0 Å². The van der Waals surface area contributed by atoms with E-state index in [9.17, 15) is 9.59 Å². The van der Waals surface area contributed by atoms with Crippen molar-refractivity contribution < 1.29 is 4.79 Å². The van der Waals surface area contributed by atoms with Gasteiger partial charge >= 0.3 is 0 Å². The van der Waals surface area contributed by atoms with E-state index in [0.29, 0.717) is 12.2 Å². The van der Waals surface area contributed by atoms with Gasteiger partial charge in [-0.15, -0.1) is 24.8 Å². The number of hydrogen-bond acceptors (Lipinski definition) is 4. The highest BCUT2D eigenvalue weighted by Crippen LogP contribution is 2.19. The van der Waals surface area contributed by atoms with Gasteiger partial charge in [-0.05, 0) is 19.4 Å². The molecule has 0 bridgehead atoms. The number of carbonyl (C=O) groups excluding carboxylic acids is 1. The Labute approximate surface area is 175 Å². The second kappa shape index (κ2) is 9.73. The average Bonchev–Trinajstić information content (AvgIpc) is 3.01. The molecular formula is C19H25Cl2N5O2. The Morgan fingerprint density at radius 3 is 2.54 bits per heavy atom. The van der Waals surface area contributed by atoms with Crippen LogP contribution in [0.3, 0.4) is 0 Å². The van der Waals surface area contributed by atoms with Crippen LogP contribution in [-0.2, 0) is 11.3 Å². The van der Waals surface area contributed by atoms with E-state index in [0.717, 1.165) is 22.5 Å². The fourth-order valence-corrected chi connectivity index (χ4v) is 3.07. The number of amides is 1. The van der Waals surface area contributed by atoms with Crippen LogP contribution in [0, 0.1) is 19.8 Å². The molecule has 3 aromatic rings. The Hall–Kier alpha value is -2.35. The highest BCUT2D eigenvalue weighted by Gasteiger charge is 2.22. The Morgan fingerprint density at radius 2 is 1.89 bits per heavy atom. The number of hydrogen-bond donors (Lipinski definition) is 3. The van der Waals surface area contributed by atoms with Gasteiger partial charge < -0.3 is 11.1 Å². The molecule has 7 nitrogen and oxygen atoms in total. The SMILES string of the molecule is Cc1nc2cc(=O)[nH]n2c(C)c1CNC(=O)C(C)C(N)c1ccccc1.Cl.Cl. The number of aromatic amines is 1. The first kappa shape index (κ1) is 23.7. The molecule has 2 aromatic heterocycles. The largest absolute Gasteiger partial charge is 0.352 e. The van der Waals surface area contributed by atoms with Gasteiger partial charge in [-0.1, -0.05) is 37.3 Å². The molecule has 28 heavy (non-hydrogen) atoms. The van der Waals surface area contributed by atoms with Gasteiger partial charge in [0.2, 0.25) is 5.91 Å². The van der Waals surface area contributed by atoms with Crippen molar-refractivity contribution in [2.75, 3.05) is 0 Å². The van der Waals surface area contributed by atoms with Gasteiger partial charge in [-0.25, -0.2) is 9.50 Å². The quantitative estimate of drug-likeness (QED) is 0.583. The molecule has 0 saturated carbocycles. The number of aryl methyl sites for hydroxylation is 2. The number of nitrogens with one attached hydrogen (secondary N) is 2. The number of carbonyl (C=O) groups is 1. The minimum absolute atomic E-state index is 0. The van der Waals surface area contributed by atoms with E-state index in [2.05, 4.69) is 15.4 Å². The number of halogens is 2. The van der Waals surface area contributed by atoms with Crippen molar-refractivity contribution in [3.05, 3.63) is 69.3 Å². The van der Waals surface area contributed by atoms with Gasteiger partial charge in [0.25, 0.3) is 5.56 Å². The van der Waals surface area contributed by atoms with E-state index >= 15 is 0 Å². The van der Waals surface area contributed by atoms with Crippen molar-refractivity contribution in [1.29, 1.82) is 0 Å². The lowest BCUT2D eigenvalue weighted by molar-refractivity contribution is -0.125. The molecule has 2 unspecified atom stereocenters. The average molecular weight is 426 g/mol. The summed E-state index contributed by atoms with van der Waals surface area (Å²) in [6, 6.07) is 10.6. The van der Waals surface area contributed by atoms with Crippen molar-refractivity contribution in [3.8, 4) is 0 Å². The number of benzene rings is 1. The molecule has 1 aromatic carbocycles. The van der Waals surface area contributed by atoms with Crippen molar-refractivity contribution in [2.24, 2.45) is 11.7 Å². The van der Waals surface area contributed by atoms with Crippen LogP contribution in [0.15, 0.2) is 41.2 Å². The number of H-pyrrole nitrogens is 1. The van der Waals surface area contributed by atoms with Crippen LogP contribution >= 0.6 is 24.8 Å². The van der Waals surface area contributed by atoms with Crippen LogP contribution < -0.4 is 16.6 Å². The van der Waals surface area contributed by atoms with Gasteiger partial charge in [0.1, 0.15) is 0 Å². The van der Waals surface area contributed by atoms with Crippen LogP contribution in [0.25, 0.3) is 5.65 Å². The van der Waals surface area contributed by atoms with Crippen LogP contribution in [-0.4, -0.2) is 20.5 Å². The molecule has 0 aliphatic heterocycles. The lowest BCUT2D eigenvalue weighted by Gasteiger charge is -2.20. The number of aromatic nitrogens is 3. The summed E-state index contributed by atoms with van der Waals surface area (Å²) in [5.41, 5.74) is 10.0. The summed E-state index contributed by atoms with van der Waals surface area (Å²) in [4.78, 5) is 28.5. The number of nitrogens with two attached hydrogens (primary N) is 1. The van der Waals surface area contributed by atoms with Gasteiger partial charge in [0.15, 0.2) is 5.65 Å². The molecule has 0 spiro atoms. The normalized spacial score (nSPS) is 12.6. The first-order chi connectivity index (χ1) is 12.4. The fourth-order valence-electron chi connectivity index (χ4n) is 3.07. The van der Waals surface area contributed by atoms with Crippen LogP contribution in [0.4, 0.5) is 0 Å². The second-order valence-electron chi connectivity index (χ2n) is 6.52. The maximum absolute atomic E-state index is 12.5. The van der Waals surface area contributed by atoms with Crippen LogP contribution in [0.1, 0.15) is 35.5 Å². The molecule has 0 aliphatic rings. The minimum atomic E-state index is -0.375. The summed E-state index contributed by atoms with van der Waals surface area (Å²) in [6.45, 7) is 5.90. The molecule has 1 amide bonds. The van der Waals surface area contributed by atoms with E-state index in [1.165, 1.54) is 6.07 Å². The van der Waals surface area contributed by atoms with Crippen molar-refractivity contribution in [3.63, 3.8) is 0 Å². The molecule has 3 rings (SSSR count). The van der Waals surface area contributed by atoms with E-state index in [4.69, 9.17) is 5.73 Å². The number of rotatable bonds is 5. The Morgan fingerprint density at radius 1 is 1.25 bits per heavy atom. The fraction of sp³-hybridized carbons (Fsp3) is 0.316. The maximum atomic E-state index is 12.5. The predicted octanol–water partition coefficient (Wildman–Crippen LogP) is 2.44. The molecule has 2 atom stereocenters. The summed E-state index contributed by atoms with van der Waals surface area (Å²) >= 11 is 0. The standard InChI is InChI=1S/C19H23N5O2.2ClH/c1-11(18(20)14-7-5-4-6-8-14)19(26)21-10-15-12(2)22-16-9-17(25)23-24(16)13(15)3;;/h4-9,11,18H,10,20H2,1-3H3,(H,21,26)(H,23,25);2*1H. The lowest BCUT2D eigenvalue weighted by atomic mass is 9.94. The zero-order chi connectivity index (χ0) is 18.8. The number of fused-ring (bicyclic) bond motifs is 1. The van der Waals surface area contributed by atoms with Gasteiger partial charge in [0.05, 0.1) is 5.92 Å². The smallest absolute Gasteiger partial charge is 0.266 e. The van der Waals surface area contributed by atoms with Crippen molar-refractivity contribution in [1.82, 2.24) is 19.9 Å². The summed E-state index contributed by atoms with van der Waals surface area (Å²) in [7, 11) is 0.